The summed E-state index contributed by atoms with van der Waals surface area (Å²) in [5, 5.41) is 0. The monoisotopic (exact) mass is 1100 g/mol. The molecule has 0 spiro atoms. The SMILES string of the molecule is Cc1c(OC(C)(C)C)cc(C(C)(C)C)c(OP(Oc2ccc3c(c2)CCCC3)Oc2ccc3c(c2)CCCC3)c1-c1c(C)c(C(C)(C)C)cc(C(C)(C)C)c1OP(Oc1ccc2c(c1)CCCC2)Oc1ccc2c(c1)CCCC2. The summed E-state index contributed by atoms with van der Waals surface area (Å²) in [5.74, 6) is 5.10. The lowest BCUT2D eigenvalue weighted by Gasteiger charge is -2.35. The molecule has 0 aliphatic heterocycles. The van der Waals surface area contributed by atoms with Crippen molar-refractivity contribution in [2.45, 2.75) is 222 Å². The highest BCUT2D eigenvalue weighted by molar-refractivity contribution is 7.43. The molecule has 4 aliphatic carbocycles. The van der Waals surface area contributed by atoms with Crippen LogP contribution in [0.2, 0.25) is 0 Å². The van der Waals surface area contributed by atoms with E-state index in [2.05, 4.69) is 182 Å². The molecule has 0 bridgehead atoms. The fourth-order valence-corrected chi connectivity index (χ4v) is 14.3. The summed E-state index contributed by atoms with van der Waals surface area (Å²) >= 11 is 0. The molecule has 0 heterocycles. The van der Waals surface area contributed by atoms with Crippen LogP contribution in [0.15, 0.2) is 84.9 Å². The molecule has 4 aliphatic rings. The zero-order valence-corrected chi connectivity index (χ0v) is 51.9. The van der Waals surface area contributed by atoms with E-state index in [1.54, 1.807) is 0 Å². The Morgan fingerprint density at radius 1 is 0.316 bits per heavy atom. The number of ether oxygens (including phenoxy) is 1. The molecule has 0 atom stereocenters. The van der Waals surface area contributed by atoms with Gasteiger partial charge in [-0.3, -0.25) is 0 Å². The minimum absolute atomic E-state index is 0.263. The van der Waals surface area contributed by atoms with E-state index in [0.29, 0.717) is 11.5 Å². The Morgan fingerprint density at radius 2 is 0.608 bits per heavy atom. The average Bonchev–Trinajstić information content (AvgIpc) is 3.55. The molecule has 0 radical (unpaired) electrons. The Bertz CT molecular complexity index is 3080. The van der Waals surface area contributed by atoms with Crippen molar-refractivity contribution in [3.05, 3.63) is 157 Å². The second-order valence-corrected chi connectivity index (χ2v) is 29.1. The van der Waals surface area contributed by atoms with Crippen LogP contribution in [0.4, 0.5) is 0 Å². The predicted octanol–water partition coefficient (Wildman–Crippen LogP) is 20.1. The number of aryl methyl sites for hydroxylation is 8. The summed E-state index contributed by atoms with van der Waals surface area (Å²) in [6, 6.07) is 30.8. The first-order chi connectivity index (χ1) is 37.4. The Kier molecular flexibility index (Phi) is 16.6. The Morgan fingerprint density at radius 3 is 0.911 bits per heavy atom. The summed E-state index contributed by atoms with van der Waals surface area (Å²) in [6.45, 7) is 31.3. The normalized spacial score (nSPS) is 15.6. The summed E-state index contributed by atoms with van der Waals surface area (Å²) in [6.07, 6.45) is 18.0. The first-order valence-electron chi connectivity index (χ1n) is 29.7. The van der Waals surface area contributed by atoms with Gasteiger partial charge in [-0.2, -0.15) is 0 Å². The summed E-state index contributed by atoms with van der Waals surface area (Å²) in [5.41, 5.74) is 16.2. The van der Waals surface area contributed by atoms with Gasteiger partial charge in [0.15, 0.2) is 0 Å². The molecule has 0 saturated heterocycles. The molecule has 9 heteroatoms. The van der Waals surface area contributed by atoms with Crippen molar-refractivity contribution in [1.29, 1.82) is 0 Å². The van der Waals surface area contributed by atoms with E-state index in [-0.39, 0.29) is 5.41 Å². The van der Waals surface area contributed by atoms with Crippen LogP contribution in [0.3, 0.4) is 0 Å². The molecule has 6 aromatic rings. The predicted molar refractivity (Wildman–Crippen MR) is 328 cm³/mol. The zero-order chi connectivity index (χ0) is 56.0. The Balaban J connectivity index is 1.21. The largest absolute Gasteiger partial charge is 0.530 e. The fraction of sp³-hybridized carbons (Fsp3) is 0.486. The lowest BCUT2D eigenvalue weighted by molar-refractivity contribution is 0.129. The number of hydrogen-bond acceptors (Lipinski definition) is 7. The van der Waals surface area contributed by atoms with Gasteiger partial charge in [-0.1, -0.05) is 92.6 Å². The van der Waals surface area contributed by atoms with E-state index in [9.17, 15) is 0 Å². The van der Waals surface area contributed by atoms with E-state index in [0.717, 1.165) is 113 Å². The number of hydrogen-bond donors (Lipinski definition) is 0. The van der Waals surface area contributed by atoms with Crippen LogP contribution in [-0.2, 0) is 67.6 Å². The summed E-state index contributed by atoms with van der Waals surface area (Å²) in [7, 11) is -4.26. The van der Waals surface area contributed by atoms with E-state index >= 15 is 0 Å². The quantitative estimate of drug-likeness (QED) is 0.101. The average molecular weight is 1100 g/mol. The molecule has 0 amide bonds. The number of benzene rings is 6. The molecular weight excluding hydrogens is 1010 g/mol. The third-order valence-electron chi connectivity index (χ3n) is 16.5. The van der Waals surface area contributed by atoms with Crippen molar-refractivity contribution in [2.24, 2.45) is 0 Å². The van der Waals surface area contributed by atoms with E-state index in [1.165, 1.54) is 101 Å². The lowest BCUT2D eigenvalue weighted by Crippen LogP contribution is -2.25. The minimum atomic E-state index is -2.13. The molecule has 79 heavy (non-hydrogen) atoms. The molecule has 0 unspecified atom stereocenters. The van der Waals surface area contributed by atoms with Gasteiger partial charge in [-0.15, -0.1) is 0 Å². The number of fused-ring (bicyclic) bond motifs is 4. The van der Waals surface area contributed by atoms with Crippen LogP contribution in [0.25, 0.3) is 11.1 Å². The second kappa shape index (κ2) is 23.0. The molecule has 6 aromatic carbocycles. The Hall–Kier alpha value is -5.22. The zero-order valence-electron chi connectivity index (χ0n) is 50.1. The maximum absolute atomic E-state index is 7.75. The molecule has 0 fully saturated rings. The van der Waals surface area contributed by atoms with Gasteiger partial charge in [0.25, 0.3) is 0 Å². The van der Waals surface area contributed by atoms with Gasteiger partial charge in [-0.05, 0) is 264 Å². The molecule has 0 aromatic heterocycles. The van der Waals surface area contributed by atoms with Crippen molar-refractivity contribution >= 4 is 17.2 Å². The second-order valence-electron chi connectivity index (χ2n) is 27.1. The Labute approximate surface area is 476 Å². The van der Waals surface area contributed by atoms with Crippen molar-refractivity contribution in [3.63, 3.8) is 0 Å². The minimum Gasteiger partial charge on any atom is -0.488 e. The highest BCUT2D eigenvalue weighted by Gasteiger charge is 2.39. The van der Waals surface area contributed by atoms with E-state index < -0.39 is 33.6 Å². The third kappa shape index (κ3) is 13.3. The van der Waals surface area contributed by atoms with Gasteiger partial charge < -0.3 is 31.9 Å². The first kappa shape index (κ1) is 57.0. The molecule has 10 rings (SSSR count). The summed E-state index contributed by atoms with van der Waals surface area (Å²) < 4.78 is 51.2. The molecule has 420 valence electrons. The van der Waals surface area contributed by atoms with Crippen molar-refractivity contribution in [1.82, 2.24) is 0 Å². The van der Waals surface area contributed by atoms with Crippen LogP contribution < -0.4 is 31.9 Å². The number of rotatable bonds is 14. The van der Waals surface area contributed by atoms with Crippen LogP contribution in [-0.4, -0.2) is 5.60 Å². The maximum atomic E-state index is 7.75. The standard InChI is InChI=1S/C70H88O7P2/c1-45-59(67(3,4)5)43-60(68(6,7)8)65(76-78(72-55-35-31-47-23-15-19-27-51(47)39-55)73-56-36-32-48-24-16-20-28-52(48)40-56)63(45)64-46(2)62(71-70(12,13)14)44-61(69(9,10)11)66(64)77-79(74-57-37-33-49-25-17-21-29-53(49)41-57)75-58-38-34-50-26-18-22-30-54(50)42-58/h31-44H,15-30H2,1-14H3. The van der Waals surface area contributed by atoms with Gasteiger partial charge in [0, 0.05) is 27.8 Å². The fourth-order valence-electron chi connectivity index (χ4n) is 12.3. The van der Waals surface area contributed by atoms with Gasteiger partial charge in [0.05, 0.1) is 0 Å². The van der Waals surface area contributed by atoms with Gasteiger partial charge in [-0.25, -0.2) is 0 Å². The summed E-state index contributed by atoms with van der Waals surface area (Å²) in [4.78, 5) is 0. The van der Waals surface area contributed by atoms with Crippen LogP contribution in [0.5, 0.6) is 40.2 Å². The first-order valence-corrected chi connectivity index (χ1v) is 31.9. The molecular formula is C70H88O7P2. The van der Waals surface area contributed by atoms with E-state index in [1.807, 2.05) is 0 Å². The molecule has 0 saturated carbocycles. The molecule has 0 N–H and O–H groups in total. The maximum Gasteiger partial charge on any atom is 0.530 e. The smallest absolute Gasteiger partial charge is 0.488 e. The van der Waals surface area contributed by atoms with E-state index in [4.69, 9.17) is 31.9 Å². The van der Waals surface area contributed by atoms with Gasteiger partial charge >= 0.3 is 17.2 Å². The van der Waals surface area contributed by atoms with Crippen LogP contribution in [0.1, 0.15) is 207 Å². The van der Waals surface area contributed by atoms with Gasteiger partial charge in [0.1, 0.15) is 45.8 Å². The van der Waals surface area contributed by atoms with Crippen molar-refractivity contribution in [3.8, 4) is 51.4 Å². The topological polar surface area (TPSA) is 64.6 Å². The van der Waals surface area contributed by atoms with Crippen LogP contribution >= 0.6 is 17.2 Å². The lowest BCUT2D eigenvalue weighted by atomic mass is 9.74. The third-order valence-corrected chi connectivity index (χ3v) is 18.6. The highest BCUT2D eigenvalue weighted by atomic mass is 31.2. The molecule has 7 nitrogen and oxygen atoms in total. The van der Waals surface area contributed by atoms with Gasteiger partial charge in [0.2, 0.25) is 0 Å². The van der Waals surface area contributed by atoms with Crippen LogP contribution in [0, 0.1) is 13.8 Å². The van der Waals surface area contributed by atoms with Crippen molar-refractivity contribution in [2.75, 3.05) is 0 Å². The highest BCUT2D eigenvalue weighted by Crippen LogP contribution is 2.59. The van der Waals surface area contributed by atoms with Crippen molar-refractivity contribution < 1.29 is 31.9 Å².